The van der Waals surface area contributed by atoms with Gasteiger partial charge in [0.15, 0.2) is 0 Å². The minimum atomic E-state index is -0.0904. The minimum absolute atomic E-state index is 0.0904. The highest BCUT2D eigenvalue weighted by Crippen LogP contribution is 2.42. The molecule has 0 aliphatic carbocycles. The molecule has 0 saturated heterocycles. The predicted octanol–water partition coefficient (Wildman–Crippen LogP) is 3.27. The second-order valence-electron chi connectivity index (χ2n) is 4.69. The Bertz CT molecular complexity index is 571. The van der Waals surface area contributed by atoms with Gasteiger partial charge in [-0.05, 0) is 25.0 Å². The molecule has 0 bridgehead atoms. The van der Waals surface area contributed by atoms with Gasteiger partial charge < -0.3 is 5.73 Å². The number of hydrogen-bond donors (Lipinski definition) is 1. The summed E-state index contributed by atoms with van der Waals surface area (Å²) in [5.41, 5.74) is 8.77. The van der Waals surface area contributed by atoms with Crippen LogP contribution in [0.4, 0.5) is 0 Å². The molecule has 1 aromatic heterocycles. The van der Waals surface area contributed by atoms with Gasteiger partial charge in [0.05, 0.1) is 23.0 Å². The summed E-state index contributed by atoms with van der Waals surface area (Å²) in [6.45, 7) is 2.84. The van der Waals surface area contributed by atoms with Crippen molar-refractivity contribution in [1.82, 2.24) is 9.78 Å². The maximum Gasteiger partial charge on any atom is 0.0834 e. The molecule has 5 heteroatoms. The summed E-state index contributed by atoms with van der Waals surface area (Å²) in [4.78, 5) is 1.33. The van der Waals surface area contributed by atoms with Gasteiger partial charge in [-0.25, -0.2) is 0 Å². The maximum atomic E-state index is 6.44. The van der Waals surface area contributed by atoms with Gasteiger partial charge in [-0.1, -0.05) is 29.8 Å². The zero-order valence-corrected chi connectivity index (χ0v) is 12.3. The molecule has 100 valence electrons. The van der Waals surface area contributed by atoms with E-state index in [0.717, 1.165) is 18.7 Å². The summed E-state index contributed by atoms with van der Waals surface area (Å²) in [7, 11) is 0. The van der Waals surface area contributed by atoms with Crippen molar-refractivity contribution >= 4 is 23.4 Å². The van der Waals surface area contributed by atoms with E-state index in [1.165, 1.54) is 10.5 Å². The normalized spacial score (nSPS) is 19.4. The first kappa shape index (κ1) is 13.0. The van der Waals surface area contributed by atoms with Crippen LogP contribution in [0, 0.1) is 0 Å². The third-order valence-electron chi connectivity index (χ3n) is 3.52. The van der Waals surface area contributed by atoms with Crippen LogP contribution >= 0.6 is 23.4 Å². The van der Waals surface area contributed by atoms with Gasteiger partial charge in [0, 0.05) is 16.7 Å². The molecule has 2 unspecified atom stereocenters. The molecule has 0 saturated carbocycles. The minimum Gasteiger partial charge on any atom is -0.322 e. The van der Waals surface area contributed by atoms with Crippen molar-refractivity contribution in [3.8, 4) is 0 Å². The Kier molecular flexibility index (Phi) is 3.56. The van der Waals surface area contributed by atoms with E-state index >= 15 is 0 Å². The van der Waals surface area contributed by atoms with Crippen molar-refractivity contribution < 1.29 is 0 Å². The van der Waals surface area contributed by atoms with E-state index in [-0.39, 0.29) is 6.04 Å². The lowest BCUT2D eigenvalue weighted by Crippen LogP contribution is -2.26. The first-order chi connectivity index (χ1) is 9.20. The molecule has 0 amide bonds. The van der Waals surface area contributed by atoms with E-state index in [1.807, 2.05) is 16.4 Å². The molecular weight excluding hydrogens is 278 g/mol. The zero-order chi connectivity index (χ0) is 13.4. The number of benzene rings is 1. The van der Waals surface area contributed by atoms with Gasteiger partial charge in [0.25, 0.3) is 0 Å². The van der Waals surface area contributed by atoms with E-state index < -0.39 is 0 Å². The van der Waals surface area contributed by atoms with E-state index in [0.29, 0.717) is 10.3 Å². The Morgan fingerprint density at radius 3 is 3.05 bits per heavy atom. The average Bonchev–Trinajstić information content (AvgIpc) is 3.01. The Morgan fingerprint density at radius 2 is 2.32 bits per heavy atom. The smallest absolute Gasteiger partial charge is 0.0834 e. The highest BCUT2D eigenvalue weighted by Gasteiger charge is 2.31. The summed E-state index contributed by atoms with van der Waals surface area (Å²) < 4.78 is 1.90. The second kappa shape index (κ2) is 5.19. The fraction of sp³-hybridized carbons (Fsp3) is 0.357. The van der Waals surface area contributed by atoms with E-state index in [2.05, 4.69) is 36.3 Å². The van der Waals surface area contributed by atoms with Gasteiger partial charge in [0.2, 0.25) is 0 Å². The Morgan fingerprint density at radius 1 is 1.53 bits per heavy atom. The first-order valence-electron chi connectivity index (χ1n) is 6.42. The van der Waals surface area contributed by atoms with E-state index in [4.69, 9.17) is 17.3 Å². The molecule has 2 atom stereocenters. The lowest BCUT2D eigenvalue weighted by molar-refractivity contribution is 0.558. The number of fused-ring (bicyclic) bond motifs is 1. The molecule has 2 N–H and O–H groups in total. The molecule has 1 aliphatic heterocycles. The molecule has 3 nitrogen and oxygen atoms in total. The van der Waals surface area contributed by atoms with Crippen LogP contribution in [0.2, 0.25) is 5.02 Å². The number of thioether (sulfide) groups is 1. The third-order valence-corrected chi connectivity index (χ3v) is 5.23. The number of aromatic nitrogens is 2. The Hall–Kier alpha value is -0.970. The van der Waals surface area contributed by atoms with Crippen LogP contribution in [0.15, 0.2) is 35.4 Å². The SMILES string of the molecule is CCn1ncc(Cl)c1C(N)C1Cc2ccccc2S1. The molecule has 2 aromatic rings. The lowest BCUT2D eigenvalue weighted by Gasteiger charge is -2.19. The van der Waals surface area contributed by atoms with Gasteiger partial charge in [-0.2, -0.15) is 5.10 Å². The second-order valence-corrected chi connectivity index (χ2v) is 6.38. The molecular formula is C14H16ClN3S. The molecule has 1 aliphatic rings. The number of halogens is 1. The summed E-state index contributed by atoms with van der Waals surface area (Å²) in [5.74, 6) is 0. The summed E-state index contributed by atoms with van der Waals surface area (Å²) >= 11 is 8.08. The van der Waals surface area contributed by atoms with Crippen LogP contribution in [0.25, 0.3) is 0 Å². The molecule has 0 spiro atoms. The first-order valence-corrected chi connectivity index (χ1v) is 7.67. The molecule has 0 fully saturated rings. The highest BCUT2D eigenvalue weighted by atomic mass is 35.5. The van der Waals surface area contributed by atoms with Gasteiger partial charge >= 0.3 is 0 Å². The lowest BCUT2D eigenvalue weighted by atomic mass is 10.0. The van der Waals surface area contributed by atoms with Crippen LogP contribution < -0.4 is 5.73 Å². The van der Waals surface area contributed by atoms with E-state index in [1.54, 1.807) is 6.20 Å². The fourth-order valence-electron chi connectivity index (χ4n) is 2.54. The summed E-state index contributed by atoms with van der Waals surface area (Å²) in [6, 6.07) is 8.39. The molecule has 0 radical (unpaired) electrons. The molecule has 2 heterocycles. The predicted molar refractivity (Wildman–Crippen MR) is 79.6 cm³/mol. The summed E-state index contributed by atoms with van der Waals surface area (Å²) in [5, 5.41) is 5.27. The maximum absolute atomic E-state index is 6.44. The number of hydrogen-bond acceptors (Lipinski definition) is 3. The monoisotopic (exact) mass is 293 g/mol. The van der Waals surface area contributed by atoms with Gasteiger partial charge in [-0.15, -0.1) is 11.8 Å². The topological polar surface area (TPSA) is 43.8 Å². The quantitative estimate of drug-likeness (QED) is 0.944. The number of nitrogens with zero attached hydrogens (tertiary/aromatic N) is 2. The number of aryl methyl sites for hydroxylation is 1. The van der Waals surface area contributed by atoms with Gasteiger partial charge in [-0.3, -0.25) is 4.68 Å². The van der Waals surface area contributed by atoms with E-state index in [9.17, 15) is 0 Å². The van der Waals surface area contributed by atoms with Gasteiger partial charge in [0.1, 0.15) is 0 Å². The van der Waals surface area contributed by atoms with Crippen molar-refractivity contribution in [3.05, 3.63) is 46.7 Å². The van der Waals surface area contributed by atoms with Crippen LogP contribution in [0.5, 0.6) is 0 Å². The standard InChI is InChI=1S/C14H16ClN3S/c1-2-18-14(10(15)8-17-18)13(16)12-7-9-5-3-4-6-11(9)19-12/h3-6,8,12-13H,2,7,16H2,1H3. The Balaban J connectivity index is 1.87. The molecule has 19 heavy (non-hydrogen) atoms. The number of nitrogens with two attached hydrogens (primary N) is 1. The van der Waals surface area contributed by atoms with Crippen molar-refractivity contribution in [1.29, 1.82) is 0 Å². The van der Waals surface area contributed by atoms with Crippen molar-refractivity contribution in [2.45, 2.75) is 36.1 Å². The van der Waals surface area contributed by atoms with Crippen molar-refractivity contribution in [2.24, 2.45) is 5.73 Å². The van der Waals surface area contributed by atoms with Crippen LogP contribution in [-0.2, 0) is 13.0 Å². The largest absolute Gasteiger partial charge is 0.322 e. The van der Waals surface area contributed by atoms with Crippen molar-refractivity contribution in [2.75, 3.05) is 0 Å². The molecule has 1 aromatic carbocycles. The van der Waals surface area contributed by atoms with Crippen LogP contribution in [0.1, 0.15) is 24.2 Å². The average molecular weight is 294 g/mol. The third kappa shape index (κ3) is 2.29. The van der Waals surface area contributed by atoms with Crippen LogP contribution in [-0.4, -0.2) is 15.0 Å². The van der Waals surface area contributed by atoms with Crippen LogP contribution in [0.3, 0.4) is 0 Å². The number of rotatable bonds is 3. The fourth-order valence-corrected chi connectivity index (χ4v) is 4.13. The van der Waals surface area contributed by atoms with Crippen molar-refractivity contribution in [3.63, 3.8) is 0 Å². The summed E-state index contributed by atoms with van der Waals surface area (Å²) in [6.07, 6.45) is 2.68. The molecule has 3 rings (SSSR count). The highest BCUT2D eigenvalue weighted by molar-refractivity contribution is 8.00. The zero-order valence-electron chi connectivity index (χ0n) is 10.7. The Labute approximate surface area is 122 Å².